The van der Waals surface area contributed by atoms with Crippen LogP contribution in [0.25, 0.3) is 5.82 Å². The summed E-state index contributed by atoms with van der Waals surface area (Å²) in [6, 6.07) is 11.9. The van der Waals surface area contributed by atoms with E-state index in [-0.39, 0.29) is 11.9 Å². The van der Waals surface area contributed by atoms with Gasteiger partial charge < -0.3 is 15.3 Å². The Balaban J connectivity index is 0.000000406. The topological polar surface area (TPSA) is 118 Å². The highest BCUT2D eigenvalue weighted by atomic mass is 19.4. The van der Waals surface area contributed by atoms with E-state index in [0.29, 0.717) is 23.8 Å². The van der Waals surface area contributed by atoms with Crippen molar-refractivity contribution in [3.05, 3.63) is 59.5 Å². The van der Waals surface area contributed by atoms with Crippen LogP contribution in [0.15, 0.2) is 42.6 Å². The summed E-state index contributed by atoms with van der Waals surface area (Å²) >= 11 is 0. The highest BCUT2D eigenvalue weighted by molar-refractivity contribution is 5.93. The van der Waals surface area contributed by atoms with Crippen LogP contribution in [0.4, 0.5) is 13.2 Å². The largest absolute Gasteiger partial charge is 0.490 e. The number of hydrogen-bond donors (Lipinski definition) is 2. The van der Waals surface area contributed by atoms with Crippen LogP contribution >= 0.6 is 0 Å². The molecule has 2 N–H and O–H groups in total. The Bertz CT molecular complexity index is 1130. The van der Waals surface area contributed by atoms with E-state index in [1.807, 2.05) is 49.3 Å². The van der Waals surface area contributed by atoms with Crippen molar-refractivity contribution >= 4 is 11.9 Å². The Morgan fingerprint density at radius 1 is 1.18 bits per heavy atom. The number of benzene rings is 1. The van der Waals surface area contributed by atoms with Crippen molar-refractivity contribution in [2.75, 3.05) is 19.6 Å². The maximum Gasteiger partial charge on any atom is 0.490 e. The predicted molar refractivity (Wildman–Crippen MR) is 114 cm³/mol. The van der Waals surface area contributed by atoms with E-state index in [0.717, 1.165) is 25.1 Å². The third-order valence-corrected chi connectivity index (χ3v) is 5.17. The number of carbonyl (C=O) groups is 2. The molecule has 1 aliphatic rings. The molecule has 0 spiro atoms. The summed E-state index contributed by atoms with van der Waals surface area (Å²) in [6.07, 6.45) is -2.34. The molecule has 3 aromatic rings. The van der Waals surface area contributed by atoms with Crippen molar-refractivity contribution in [3.63, 3.8) is 0 Å². The van der Waals surface area contributed by atoms with Crippen molar-refractivity contribution in [2.24, 2.45) is 7.05 Å². The molecule has 182 valence electrons. The molecule has 10 nitrogen and oxygen atoms in total. The number of nitrogens with zero attached hydrogens (tertiary/aromatic N) is 6. The first-order valence-electron chi connectivity index (χ1n) is 10.4. The smallest absolute Gasteiger partial charge is 0.475 e. The molecule has 1 aromatic carbocycles. The van der Waals surface area contributed by atoms with Gasteiger partial charge in [-0.2, -0.15) is 23.0 Å². The second-order valence-corrected chi connectivity index (χ2v) is 7.57. The van der Waals surface area contributed by atoms with Crippen LogP contribution in [0.1, 0.15) is 34.2 Å². The summed E-state index contributed by atoms with van der Waals surface area (Å²) in [6.45, 7) is 4.16. The Morgan fingerprint density at radius 3 is 2.44 bits per heavy atom. The van der Waals surface area contributed by atoms with Gasteiger partial charge in [0, 0.05) is 32.4 Å². The first-order chi connectivity index (χ1) is 16.1. The number of carboxylic acids is 1. The first kappa shape index (κ1) is 24.9. The van der Waals surface area contributed by atoms with Gasteiger partial charge >= 0.3 is 12.1 Å². The molecular formula is C21H24F3N7O3. The molecule has 34 heavy (non-hydrogen) atoms. The van der Waals surface area contributed by atoms with Crippen LogP contribution in [-0.2, 0) is 11.8 Å². The molecule has 0 bridgehead atoms. The van der Waals surface area contributed by atoms with Crippen LogP contribution in [0, 0.1) is 6.92 Å². The van der Waals surface area contributed by atoms with Crippen LogP contribution in [0.5, 0.6) is 0 Å². The van der Waals surface area contributed by atoms with E-state index >= 15 is 0 Å². The number of rotatable bonds is 3. The molecule has 1 fully saturated rings. The lowest BCUT2D eigenvalue weighted by Crippen LogP contribution is -2.38. The lowest BCUT2D eigenvalue weighted by atomic mass is 10.0. The highest BCUT2D eigenvalue weighted by Gasteiger charge is 2.38. The lowest BCUT2D eigenvalue weighted by molar-refractivity contribution is -0.192. The highest BCUT2D eigenvalue weighted by Crippen LogP contribution is 2.25. The fourth-order valence-corrected chi connectivity index (χ4v) is 3.49. The molecule has 1 unspecified atom stereocenters. The van der Waals surface area contributed by atoms with Gasteiger partial charge in [-0.15, -0.1) is 5.10 Å². The van der Waals surface area contributed by atoms with Crippen LogP contribution in [-0.4, -0.2) is 72.5 Å². The summed E-state index contributed by atoms with van der Waals surface area (Å²) in [5.74, 6) is -2.20. The number of aromatic nitrogens is 5. The molecule has 0 aliphatic carbocycles. The maximum absolute atomic E-state index is 13.4. The summed E-state index contributed by atoms with van der Waals surface area (Å²) in [5, 5.41) is 23.3. The third kappa shape index (κ3) is 5.78. The zero-order valence-electron chi connectivity index (χ0n) is 18.5. The minimum absolute atomic E-state index is 0.0272. The van der Waals surface area contributed by atoms with Crippen molar-refractivity contribution < 1.29 is 27.9 Å². The number of amides is 1. The molecule has 0 radical (unpaired) electrons. The molecule has 0 saturated carbocycles. The van der Waals surface area contributed by atoms with Crippen molar-refractivity contribution in [1.82, 2.24) is 35.0 Å². The van der Waals surface area contributed by atoms with Crippen LogP contribution in [0.3, 0.4) is 0 Å². The zero-order chi connectivity index (χ0) is 24.9. The molecule has 1 atom stereocenters. The SMILES string of the molecule is Cc1c(C(=O)N2CCCNCC2c2ccccc2)nnn1-c1ccn(C)n1.O=C(O)C(F)(F)F. The van der Waals surface area contributed by atoms with Gasteiger partial charge in [0.15, 0.2) is 11.5 Å². The molecule has 1 amide bonds. The van der Waals surface area contributed by atoms with Gasteiger partial charge in [-0.1, -0.05) is 35.5 Å². The van der Waals surface area contributed by atoms with Gasteiger partial charge in [-0.25, -0.2) is 4.79 Å². The fraction of sp³-hybridized carbons (Fsp3) is 0.381. The van der Waals surface area contributed by atoms with Gasteiger partial charge in [-0.3, -0.25) is 9.48 Å². The molecule has 13 heteroatoms. The van der Waals surface area contributed by atoms with Crippen LogP contribution in [0.2, 0.25) is 0 Å². The Hall–Kier alpha value is -3.74. The minimum Gasteiger partial charge on any atom is -0.475 e. The van der Waals surface area contributed by atoms with Gasteiger partial charge in [-0.05, 0) is 25.5 Å². The number of nitrogens with one attached hydrogen (secondary N) is 1. The second kappa shape index (κ2) is 10.5. The number of alkyl halides is 3. The number of aryl methyl sites for hydroxylation is 1. The zero-order valence-corrected chi connectivity index (χ0v) is 18.5. The van der Waals surface area contributed by atoms with E-state index in [9.17, 15) is 18.0 Å². The molecular weight excluding hydrogens is 455 g/mol. The van der Waals surface area contributed by atoms with Gasteiger partial charge in [0.2, 0.25) is 0 Å². The van der Waals surface area contributed by atoms with Crippen LogP contribution < -0.4 is 5.32 Å². The number of aliphatic carboxylic acids is 1. The number of hydrogen-bond acceptors (Lipinski definition) is 6. The maximum atomic E-state index is 13.4. The summed E-state index contributed by atoms with van der Waals surface area (Å²) in [7, 11) is 1.84. The number of carbonyl (C=O) groups excluding carboxylic acids is 1. The standard InChI is InChI=1S/C19H23N7O.C2HF3O2/c1-14-18(21-23-26(14)17-9-12-24(2)22-17)19(27)25-11-6-10-20-13-16(25)15-7-4-3-5-8-15;3-2(4,5)1(6)7/h3-5,7-9,12,16,20H,6,10-11,13H2,1-2H3;(H,6,7). The number of carboxylic acid groups (broad SMARTS) is 1. The fourth-order valence-electron chi connectivity index (χ4n) is 3.49. The van der Waals surface area contributed by atoms with E-state index in [1.54, 1.807) is 9.36 Å². The van der Waals surface area contributed by atoms with Gasteiger partial charge in [0.1, 0.15) is 0 Å². The van der Waals surface area contributed by atoms with Gasteiger partial charge in [0.05, 0.1) is 11.7 Å². The lowest BCUT2D eigenvalue weighted by Gasteiger charge is -2.29. The van der Waals surface area contributed by atoms with Crippen molar-refractivity contribution in [1.29, 1.82) is 0 Å². The first-order valence-corrected chi connectivity index (χ1v) is 10.4. The average Bonchev–Trinajstić information content (AvgIpc) is 3.30. The Labute approximate surface area is 193 Å². The quantitative estimate of drug-likeness (QED) is 0.591. The molecule has 4 rings (SSSR count). The van der Waals surface area contributed by atoms with Gasteiger partial charge in [0.25, 0.3) is 5.91 Å². The molecule has 3 heterocycles. The Morgan fingerprint density at radius 2 is 1.85 bits per heavy atom. The molecule has 1 saturated heterocycles. The van der Waals surface area contributed by atoms with E-state index in [1.165, 1.54) is 0 Å². The number of halogens is 3. The minimum atomic E-state index is -5.08. The second-order valence-electron chi connectivity index (χ2n) is 7.57. The normalized spacial score (nSPS) is 16.4. The summed E-state index contributed by atoms with van der Waals surface area (Å²) < 4.78 is 35.0. The average molecular weight is 479 g/mol. The Kier molecular flexibility index (Phi) is 7.66. The summed E-state index contributed by atoms with van der Waals surface area (Å²) in [5.41, 5.74) is 2.20. The van der Waals surface area contributed by atoms with E-state index in [4.69, 9.17) is 9.90 Å². The van der Waals surface area contributed by atoms with Crippen molar-refractivity contribution in [2.45, 2.75) is 25.6 Å². The summed E-state index contributed by atoms with van der Waals surface area (Å²) in [4.78, 5) is 24.2. The monoisotopic (exact) mass is 479 g/mol. The molecule has 1 aliphatic heterocycles. The van der Waals surface area contributed by atoms with Crippen molar-refractivity contribution in [3.8, 4) is 5.82 Å². The predicted octanol–water partition coefficient (Wildman–Crippen LogP) is 2.12. The molecule has 2 aromatic heterocycles. The van der Waals surface area contributed by atoms with E-state index in [2.05, 4.69) is 32.9 Å². The third-order valence-electron chi connectivity index (χ3n) is 5.17. The van der Waals surface area contributed by atoms with E-state index < -0.39 is 12.1 Å².